The SMILES string of the molecule is COC1CC(=O)NC(=O)C1C. The van der Waals surface area contributed by atoms with Crippen molar-refractivity contribution in [2.24, 2.45) is 5.92 Å². The third kappa shape index (κ3) is 1.57. The lowest BCUT2D eigenvalue weighted by atomic mass is 9.97. The van der Waals surface area contributed by atoms with Crippen molar-refractivity contribution in [2.75, 3.05) is 7.11 Å². The van der Waals surface area contributed by atoms with Gasteiger partial charge in [-0.3, -0.25) is 14.9 Å². The molecule has 0 aromatic carbocycles. The largest absolute Gasteiger partial charge is 0.380 e. The average Bonchev–Trinajstić information content (AvgIpc) is 1.96. The molecular formula is C7H11NO3. The summed E-state index contributed by atoms with van der Waals surface area (Å²) in [6.07, 6.45) is 0.0277. The molecule has 1 saturated heterocycles. The third-order valence-corrected chi connectivity index (χ3v) is 1.92. The van der Waals surface area contributed by atoms with Gasteiger partial charge in [0.2, 0.25) is 11.8 Å². The van der Waals surface area contributed by atoms with Gasteiger partial charge in [-0.2, -0.15) is 0 Å². The molecule has 1 heterocycles. The van der Waals surface area contributed by atoms with Crippen LogP contribution in [0.1, 0.15) is 13.3 Å². The number of carbonyl (C=O) groups is 2. The monoisotopic (exact) mass is 157 g/mol. The van der Waals surface area contributed by atoms with Crippen molar-refractivity contribution < 1.29 is 14.3 Å². The predicted molar refractivity (Wildman–Crippen MR) is 37.7 cm³/mol. The maximum atomic E-state index is 11.0. The summed E-state index contributed by atoms with van der Waals surface area (Å²) in [5, 5.41) is 2.24. The van der Waals surface area contributed by atoms with Gasteiger partial charge in [0, 0.05) is 7.11 Å². The van der Waals surface area contributed by atoms with E-state index in [-0.39, 0.29) is 30.3 Å². The summed E-state index contributed by atoms with van der Waals surface area (Å²) >= 11 is 0. The number of rotatable bonds is 1. The fourth-order valence-electron chi connectivity index (χ4n) is 1.12. The maximum absolute atomic E-state index is 11.0. The predicted octanol–water partition coefficient (Wildman–Crippen LogP) is -0.316. The van der Waals surface area contributed by atoms with Crippen molar-refractivity contribution in [3.05, 3.63) is 0 Å². The number of imide groups is 1. The number of carbonyl (C=O) groups excluding carboxylic acids is 2. The molecule has 2 amide bonds. The lowest BCUT2D eigenvalue weighted by Gasteiger charge is -2.25. The number of hydrogen-bond donors (Lipinski definition) is 1. The second-order valence-electron chi connectivity index (χ2n) is 2.68. The number of hydrogen-bond acceptors (Lipinski definition) is 3. The number of nitrogens with one attached hydrogen (secondary N) is 1. The molecule has 0 bridgehead atoms. The van der Waals surface area contributed by atoms with E-state index < -0.39 is 0 Å². The molecule has 1 aliphatic rings. The number of piperidine rings is 1. The van der Waals surface area contributed by atoms with Gasteiger partial charge in [-0.25, -0.2) is 0 Å². The molecule has 1 fully saturated rings. The molecule has 0 aromatic heterocycles. The average molecular weight is 157 g/mol. The first kappa shape index (κ1) is 8.20. The van der Waals surface area contributed by atoms with Crippen LogP contribution >= 0.6 is 0 Å². The third-order valence-electron chi connectivity index (χ3n) is 1.92. The second kappa shape index (κ2) is 3.00. The van der Waals surface area contributed by atoms with Crippen LogP contribution in [0.5, 0.6) is 0 Å². The van der Waals surface area contributed by atoms with Crippen molar-refractivity contribution >= 4 is 11.8 Å². The van der Waals surface area contributed by atoms with E-state index >= 15 is 0 Å². The zero-order chi connectivity index (χ0) is 8.43. The zero-order valence-corrected chi connectivity index (χ0v) is 6.59. The molecule has 1 rings (SSSR count). The Morgan fingerprint density at radius 2 is 2.18 bits per heavy atom. The van der Waals surface area contributed by atoms with Gasteiger partial charge in [-0.1, -0.05) is 6.92 Å². The Labute approximate surface area is 64.9 Å². The molecule has 2 atom stereocenters. The van der Waals surface area contributed by atoms with Crippen LogP contribution < -0.4 is 5.32 Å². The second-order valence-corrected chi connectivity index (χ2v) is 2.68. The van der Waals surface area contributed by atoms with E-state index in [2.05, 4.69) is 5.32 Å². The maximum Gasteiger partial charge on any atom is 0.232 e. The lowest BCUT2D eigenvalue weighted by molar-refractivity contribution is -0.142. The molecule has 0 radical (unpaired) electrons. The van der Waals surface area contributed by atoms with Crippen LogP contribution in [0.15, 0.2) is 0 Å². The summed E-state index contributed by atoms with van der Waals surface area (Å²) in [7, 11) is 1.51. The van der Waals surface area contributed by atoms with Gasteiger partial charge in [0.25, 0.3) is 0 Å². The van der Waals surface area contributed by atoms with Crippen LogP contribution in [0.4, 0.5) is 0 Å². The Bertz CT molecular complexity index is 190. The van der Waals surface area contributed by atoms with E-state index in [9.17, 15) is 9.59 Å². The van der Waals surface area contributed by atoms with Crippen molar-refractivity contribution in [1.82, 2.24) is 5.32 Å². The Morgan fingerprint density at radius 1 is 1.55 bits per heavy atom. The van der Waals surface area contributed by atoms with Gasteiger partial charge in [0.1, 0.15) is 0 Å². The molecular weight excluding hydrogens is 146 g/mol. The molecule has 4 heteroatoms. The molecule has 0 spiro atoms. The molecule has 1 aliphatic heterocycles. The summed E-state index contributed by atoms with van der Waals surface area (Å²) in [4.78, 5) is 21.7. The fraction of sp³-hybridized carbons (Fsp3) is 0.714. The first-order valence-electron chi connectivity index (χ1n) is 3.51. The van der Waals surface area contributed by atoms with Gasteiger partial charge >= 0.3 is 0 Å². The fourth-order valence-corrected chi connectivity index (χ4v) is 1.12. The molecule has 4 nitrogen and oxygen atoms in total. The summed E-state index contributed by atoms with van der Waals surface area (Å²) in [6, 6.07) is 0. The normalized spacial score (nSPS) is 31.8. The lowest BCUT2D eigenvalue weighted by Crippen LogP contribution is -2.47. The van der Waals surface area contributed by atoms with Crippen molar-refractivity contribution in [3.8, 4) is 0 Å². The van der Waals surface area contributed by atoms with E-state index in [1.165, 1.54) is 7.11 Å². The smallest absolute Gasteiger partial charge is 0.232 e. The number of ether oxygens (including phenoxy) is 1. The van der Waals surface area contributed by atoms with Gasteiger partial charge in [0.05, 0.1) is 18.4 Å². The van der Waals surface area contributed by atoms with E-state index in [1.807, 2.05) is 0 Å². The van der Waals surface area contributed by atoms with Crippen LogP contribution in [0.3, 0.4) is 0 Å². The van der Waals surface area contributed by atoms with Crippen LogP contribution in [0.2, 0.25) is 0 Å². The molecule has 0 saturated carbocycles. The Kier molecular flexibility index (Phi) is 2.24. The minimum atomic E-state index is -0.253. The Balaban J connectivity index is 2.66. The van der Waals surface area contributed by atoms with Crippen molar-refractivity contribution in [1.29, 1.82) is 0 Å². The highest BCUT2D eigenvalue weighted by Crippen LogP contribution is 2.14. The highest BCUT2D eigenvalue weighted by molar-refractivity contribution is 5.99. The molecule has 2 unspecified atom stereocenters. The van der Waals surface area contributed by atoms with Crippen LogP contribution in [0, 0.1) is 5.92 Å². The number of methoxy groups -OCH3 is 1. The van der Waals surface area contributed by atoms with E-state index in [1.54, 1.807) is 6.92 Å². The van der Waals surface area contributed by atoms with Crippen LogP contribution in [0.25, 0.3) is 0 Å². The first-order valence-corrected chi connectivity index (χ1v) is 3.51. The Hall–Kier alpha value is -0.900. The summed E-state index contributed by atoms with van der Waals surface area (Å²) in [6.45, 7) is 1.75. The highest BCUT2D eigenvalue weighted by atomic mass is 16.5. The summed E-state index contributed by atoms with van der Waals surface area (Å²) in [5.74, 6) is -0.717. The summed E-state index contributed by atoms with van der Waals surface area (Å²) in [5.41, 5.74) is 0. The zero-order valence-electron chi connectivity index (χ0n) is 6.59. The summed E-state index contributed by atoms with van der Waals surface area (Å²) < 4.78 is 4.96. The van der Waals surface area contributed by atoms with Gasteiger partial charge in [-0.15, -0.1) is 0 Å². The van der Waals surface area contributed by atoms with Crippen molar-refractivity contribution in [3.63, 3.8) is 0 Å². The molecule has 0 aromatic rings. The van der Waals surface area contributed by atoms with Crippen LogP contribution in [-0.2, 0) is 14.3 Å². The highest BCUT2D eigenvalue weighted by Gasteiger charge is 2.32. The quantitative estimate of drug-likeness (QED) is 0.531. The van der Waals surface area contributed by atoms with Crippen molar-refractivity contribution in [2.45, 2.75) is 19.4 Å². The van der Waals surface area contributed by atoms with Gasteiger partial charge in [0.15, 0.2) is 0 Å². The number of amides is 2. The molecule has 62 valence electrons. The minimum absolute atomic E-state index is 0.224. The molecule has 11 heavy (non-hydrogen) atoms. The van der Waals surface area contributed by atoms with Gasteiger partial charge < -0.3 is 4.74 Å². The van der Waals surface area contributed by atoms with Gasteiger partial charge in [-0.05, 0) is 0 Å². The first-order chi connectivity index (χ1) is 5.15. The topological polar surface area (TPSA) is 55.4 Å². The Morgan fingerprint density at radius 3 is 2.73 bits per heavy atom. The minimum Gasteiger partial charge on any atom is -0.380 e. The van der Waals surface area contributed by atoms with E-state index in [0.29, 0.717) is 0 Å². The molecule has 0 aliphatic carbocycles. The van der Waals surface area contributed by atoms with E-state index in [4.69, 9.17) is 4.74 Å². The van der Waals surface area contributed by atoms with E-state index in [0.717, 1.165) is 0 Å². The molecule has 1 N–H and O–H groups in total. The van der Waals surface area contributed by atoms with Crippen LogP contribution in [-0.4, -0.2) is 25.0 Å². The standard InChI is InChI=1S/C7H11NO3/c1-4-5(11-2)3-6(9)8-7(4)10/h4-5H,3H2,1-2H3,(H,8,9,10).